The zero-order valence-electron chi connectivity index (χ0n) is 17.9. The maximum atomic E-state index is 13.6. The van der Waals surface area contributed by atoms with Crippen LogP contribution in [0, 0.1) is 19.7 Å². The number of anilines is 1. The zero-order valence-corrected chi connectivity index (χ0v) is 17.9. The molecule has 1 aliphatic heterocycles. The summed E-state index contributed by atoms with van der Waals surface area (Å²) >= 11 is 0. The van der Waals surface area contributed by atoms with Crippen LogP contribution in [0.1, 0.15) is 28.3 Å². The van der Waals surface area contributed by atoms with E-state index in [0.29, 0.717) is 22.6 Å². The van der Waals surface area contributed by atoms with E-state index in [9.17, 15) is 19.1 Å². The summed E-state index contributed by atoms with van der Waals surface area (Å²) in [6.07, 6.45) is 0. The highest BCUT2D eigenvalue weighted by Gasteiger charge is 2.47. The van der Waals surface area contributed by atoms with Crippen molar-refractivity contribution in [3.8, 4) is 5.75 Å². The van der Waals surface area contributed by atoms with Crippen molar-refractivity contribution in [3.63, 3.8) is 0 Å². The van der Waals surface area contributed by atoms with Crippen LogP contribution in [0.2, 0.25) is 0 Å². The summed E-state index contributed by atoms with van der Waals surface area (Å²) in [6, 6.07) is 16.9. The minimum absolute atomic E-state index is 0.0468. The molecule has 1 saturated heterocycles. The number of nitrogens with zero attached hydrogens (tertiary/aromatic N) is 1. The largest absolute Gasteiger partial charge is 0.507 e. The molecule has 1 aliphatic rings. The fourth-order valence-electron chi connectivity index (χ4n) is 4.06. The van der Waals surface area contributed by atoms with E-state index in [4.69, 9.17) is 4.74 Å². The quantitative estimate of drug-likeness (QED) is 0.356. The molecule has 1 fully saturated rings. The molecule has 3 aromatic carbocycles. The summed E-state index contributed by atoms with van der Waals surface area (Å²) in [5.74, 6) is -1.64. The van der Waals surface area contributed by atoms with Crippen molar-refractivity contribution in [2.45, 2.75) is 19.9 Å². The molecule has 162 valence electrons. The number of ether oxygens (including phenoxy) is 1. The molecule has 6 heteroatoms. The van der Waals surface area contributed by atoms with E-state index in [-0.39, 0.29) is 11.3 Å². The van der Waals surface area contributed by atoms with Crippen LogP contribution in [-0.2, 0) is 9.59 Å². The van der Waals surface area contributed by atoms with E-state index in [1.165, 1.54) is 29.2 Å². The van der Waals surface area contributed by atoms with Gasteiger partial charge in [-0.15, -0.1) is 0 Å². The van der Waals surface area contributed by atoms with Gasteiger partial charge in [-0.3, -0.25) is 14.5 Å². The number of methoxy groups -OCH3 is 1. The second kappa shape index (κ2) is 8.30. The Kier molecular flexibility index (Phi) is 5.53. The molecule has 0 spiro atoms. The van der Waals surface area contributed by atoms with Crippen molar-refractivity contribution in [3.05, 3.63) is 100 Å². The molecule has 0 saturated carbocycles. The monoisotopic (exact) mass is 431 g/mol. The summed E-state index contributed by atoms with van der Waals surface area (Å²) in [7, 11) is 1.55. The number of carbonyl (C=O) groups excluding carboxylic acids is 2. The first-order valence-corrected chi connectivity index (χ1v) is 10.1. The molecular formula is C26H22FNO4. The molecule has 1 amide bonds. The Balaban J connectivity index is 1.95. The van der Waals surface area contributed by atoms with E-state index in [1.807, 2.05) is 26.0 Å². The number of aryl methyl sites for hydroxylation is 2. The second-order valence-corrected chi connectivity index (χ2v) is 7.69. The van der Waals surface area contributed by atoms with Crippen LogP contribution < -0.4 is 9.64 Å². The van der Waals surface area contributed by atoms with Gasteiger partial charge in [-0.1, -0.05) is 30.3 Å². The standard InChI is InChI=1S/C26H22FNO4/c1-15-6-4-5-7-20(15)28-23(17-8-11-19(27)12-9-17)22(25(30)26(28)31)24(29)18-10-13-21(32-3)16(2)14-18/h4-14,23,29H,1-3H3/b24-22-. The van der Waals surface area contributed by atoms with Crippen molar-refractivity contribution >= 4 is 23.1 Å². The molecule has 1 unspecified atom stereocenters. The maximum absolute atomic E-state index is 13.6. The average Bonchev–Trinajstić information content (AvgIpc) is 3.04. The summed E-state index contributed by atoms with van der Waals surface area (Å²) in [4.78, 5) is 27.7. The first-order valence-electron chi connectivity index (χ1n) is 10.1. The number of aliphatic hydroxyl groups excluding tert-OH is 1. The van der Waals surface area contributed by atoms with E-state index in [1.54, 1.807) is 37.4 Å². The molecule has 0 aliphatic carbocycles. The van der Waals surface area contributed by atoms with Gasteiger partial charge in [0.15, 0.2) is 0 Å². The Labute approximate surface area is 185 Å². The van der Waals surface area contributed by atoms with Crippen LogP contribution in [0.3, 0.4) is 0 Å². The number of para-hydroxylation sites is 1. The topological polar surface area (TPSA) is 66.8 Å². The van der Waals surface area contributed by atoms with Gasteiger partial charge >= 0.3 is 0 Å². The number of Topliss-reactive ketones (excluding diaryl/α,β-unsaturated/α-hetero) is 1. The number of halogens is 1. The van der Waals surface area contributed by atoms with Gasteiger partial charge in [0.1, 0.15) is 17.3 Å². The summed E-state index contributed by atoms with van der Waals surface area (Å²) < 4.78 is 18.9. The van der Waals surface area contributed by atoms with Crippen molar-refractivity contribution in [1.82, 2.24) is 0 Å². The van der Waals surface area contributed by atoms with Crippen LogP contribution in [0.25, 0.3) is 5.76 Å². The Morgan fingerprint density at radius 3 is 2.28 bits per heavy atom. The second-order valence-electron chi connectivity index (χ2n) is 7.69. The first kappa shape index (κ1) is 21.3. The number of ketones is 1. The Bertz CT molecular complexity index is 1250. The average molecular weight is 431 g/mol. The van der Waals surface area contributed by atoms with Gasteiger partial charge in [0.2, 0.25) is 0 Å². The van der Waals surface area contributed by atoms with E-state index in [2.05, 4.69) is 0 Å². The molecule has 1 N–H and O–H groups in total. The Morgan fingerprint density at radius 1 is 0.969 bits per heavy atom. The lowest BCUT2D eigenvalue weighted by Crippen LogP contribution is -2.30. The number of carbonyl (C=O) groups is 2. The van der Waals surface area contributed by atoms with Crippen LogP contribution in [-0.4, -0.2) is 23.9 Å². The highest BCUT2D eigenvalue weighted by molar-refractivity contribution is 6.51. The fraction of sp³-hybridized carbons (Fsp3) is 0.154. The van der Waals surface area contributed by atoms with E-state index < -0.39 is 23.5 Å². The Morgan fingerprint density at radius 2 is 1.66 bits per heavy atom. The normalized spacial score (nSPS) is 17.6. The van der Waals surface area contributed by atoms with Crippen molar-refractivity contribution in [2.24, 2.45) is 0 Å². The zero-order chi connectivity index (χ0) is 23.0. The highest BCUT2D eigenvalue weighted by atomic mass is 19.1. The molecule has 32 heavy (non-hydrogen) atoms. The minimum atomic E-state index is -0.904. The lowest BCUT2D eigenvalue weighted by atomic mass is 9.94. The van der Waals surface area contributed by atoms with Gasteiger partial charge in [0.25, 0.3) is 11.7 Å². The number of aliphatic hydroxyl groups is 1. The predicted molar refractivity (Wildman–Crippen MR) is 120 cm³/mol. The van der Waals surface area contributed by atoms with E-state index in [0.717, 1.165) is 11.1 Å². The van der Waals surface area contributed by atoms with Crippen molar-refractivity contribution in [1.29, 1.82) is 0 Å². The minimum Gasteiger partial charge on any atom is -0.507 e. The molecule has 0 aromatic heterocycles. The van der Waals surface area contributed by atoms with Gasteiger partial charge in [0.05, 0.1) is 18.7 Å². The number of amides is 1. The summed E-state index contributed by atoms with van der Waals surface area (Å²) in [5, 5.41) is 11.2. The fourth-order valence-corrected chi connectivity index (χ4v) is 4.06. The van der Waals surface area contributed by atoms with Gasteiger partial charge in [0, 0.05) is 11.3 Å². The van der Waals surface area contributed by atoms with Crippen LogP contribution >= 0.6 is 0 Å². The lowest BCUT2D eigenvalue weighted by molar-refractivity contribution is -0.132. The first-order chi connectivity index (χ1) is 15.3. The molecule has 0 radical (unpaired) electrons. The highest BCUT2D eigenvalue weighted by Crippen LogP contribution is 2.43. The van der Waals surface area contributed by atoms with Crippen LogP contribution in [0.15, 0.2) is 72.3 Å². The van der Waals surface area contributed by atoms with Gasteiger partial charge in [-0.2, -0.15) is 0 Å². The smallest absolute Gasteiger partial charge is 0.300 e. The van der Waals surface area contributed by atoms with Crippen LogP contribution in [0.4, 0.5) is 10.1 Å². The van der Waals surface area contributed by atoms with Crippen molar-refractivity contribution in [2.75, 3.05) is 12.0 Å². The van der Waals surface area contributed by atoms with E-state index >= 15 is 0 Å². The Hall–Kier alpha value is -3.93. The number of hydrogen-bond donors (Lipinski definition) is 1. The van der Waals surface area contributed by atoms with Gasteiger partial charge in [-0.05, 0) is 66.9 Å². The molecule has 5 nitrogen and oxygen atoms in total. The number of rotatable bonds is 4. The third kappa shape index (κ3) is 3.54. The number of benzene rings is 3. The predicted octanol–water partition coefficient (Wildman–Crippen LogP) is 5.08. The third-order valence-electron chi connectivity index (χ3n) is 5.67. The molecule has 1 atom stereocenters. The van der Waals surface area contributed by atoms with Gasteiger partial charge in [-0.25, -0.2) is 4.39 Å². The molecule has 1 heterocycles. The van der Waals surface area contributed by atoms with Crippen LogP contribution in [0.5, 0.6) is 5.75 Å². The SMILES string of the molecule is COc1ccc(/C(O)=C2/C(=O)C(=O)N(c3ccccc3C)C2c2ccc(F)cc2)cc1C. The maximum Gasteiger partial charge on any atom is 0.300 e. The lowest BCUT2D eigenvalue weighted by Gasteiger charge is -2.26. The molecule has 3 aromatic rings. The molecule has 0 bridgehead atoms. The third-order valence-corrected chi connectivity index (χ3v) is 5.67. The molecule has 4 rings (SSSR count). The summed E-state index contributed by atoms with van der Waals surface area (Å²) in [5.41, 5.74) is 2.96. The molecular weight excluding hydrogens is 409 g/mol. The van der Waals surface area contributed by atoms with Gasteiger partial charge < -0.3 is 9.84 Å². The van der Waals surface area contributed by atoms with Crippen molar-refractivity contribution < 1.29 is 23.8 Å². The number of hydrogen-bond acceptors (Lipinski definition) is 4. The summed E-state index contributed by atoms with van der Waals surface area (Å²) in [6.45, 7) is 3.65.